The minimum Gasteiger partial charge on any atom is -0.550 e. The average Bonchev–Trinajstić information content (AvgIpc) is 1.56. The molecule has 0 aromatic carbocycles. The van der Waals surface area contributed by atoms with Gasteiger partial charge in [-0.05, 0) is 12.8 Å². The number of carbonyl (C=O) groups is 1. The van der Waals surface area contributed by atoms with Crippen molar-refractivity contribution >= 4 is 5.97 Å². The highest BCUT2D eigenvalue weighted by molar-refractivity contribution is 5.64. The Kier molecular flexibility index (Phi) is 1.10. The molecule has 0 radical (unpaired) electrons. The fourth-order valence-electron chi connectivity index (χ4n) is 0.112. The van der Waals surface area contributed by atoms with Gasteiger partial charge < -0.3 is 15.0 Å². The van der Waals surface area contributed by atoms with E-state index in [9.17, 15) is 9.90 Å². The van der Waals surface area contributed by atoms with E-state index in [1.807, 2.05) is 0 Å². The van der Waals surface area contributed by atoms with Crippen LogP contribution in [0.3, 0.4) is 0 Å². The van der Waals surface area contributed by atoms with Gasteiger partial charge in [-0.1, -0.05) is 0 Å². The Morgan fingerprint density at radius 2 is 2.57 bits per heavy atom. The summed E-state index contributed by atoms with van der Waals surface area (Å²) in [6, 6.07) is 0. The predicted octanol–water partition coefficient (Wildman–Crippen LogP) is -1.49. The van der Waals surface area contributed by atoms with Gasteiger partial charge >= 0.3 is 0 Å². The molecule has 7 heavy (non-hydrogen) atoms. The van der Waals surface area contributed by atoms with E-state index in [0.29, 0.717) is 0 Å². The number of carboxylic acid groups (broad SMARTS) is 1. The molecule has 0 heterocycles. The molecule has 1 N–H and O–H groups in total. The van der Waals surface area contributed by atoms with Crippen LogP contribution in [0.25, 0.3) is 0 Å². The first-order chi connectivity index (χ1) is 4.65. The lowest BCUT2D eigenvalue weighted by Gasteiger charge is -1.95. The standard InChI is InChI=1S/C4H8O3/c5-3-1-2-4(6)7/h5H,1-3H2,(H,6,7)/p-1/i2D2,3D2. The van der Waals surface area contributed by atoms with Crippen LogP contribution in [0.2, 0.25) is 0 Å². The van der Waals surface area contributed by atoms with E-state index >= 15 is 0 Å². The number of aliphatic carboxylic acids is 1. The zero-order valence-electron chi connectivity index (χ0n) is 7.47. The Hall–Kier alpha value is -0.570. The highest BCUT2D eigenvalue weighted by Crippen LogP contribution is 1.81. The Balaban J connectivity index is 4.25. The lowest BCUT2D eigenvalue weighted by Crippen LogP contribution is -2.21. The van der Waals surface area contributed by atoms with Crippen LogP contribution in [0, 0.1) is 0 Å². The third-order valence-corrected chi connectivity index (χ3v) is 0.312. The van der Waals surface area contributed by atoms with Crippen molar-refractivity contribution in [2.24, 2.45) is 0 Å². The van der Waals surface area contributed by atoms with Crippen molar-refractivity contribution in [3.8, 4) is 0 Å². The average molecular weight is 107 g/mol. The molecule has 0 saturated carbocycles. The molecule has 42 valence electrons. The molecule has 0 aliphatic heterocycles. The largest absolute Gasteiger partial charge is 0.550 e. The summed E-state index contributed by atoms with van der Waals surface area (Å²) in [4.78, 5) is 9.93. The van der Waals surface area contributed by atoms with E-state index in [0.717, 1.165) is 0 Å². The zero-order valence-corrected chi connectivity index (χ0v) is 3.47. The van der Waals surface area contributed by atoms with Crippen molar-refractivity contribution in [2.45, 2.75) is 12.8 Å². The second kappa shape index (κ2) is 3.61. The Bertz CT molecular complexity index is 161. The molecule has 0 spiro atoms. The van der Waals surface area contributed by atoms with Crippen LogP contribution in [-0.4, -0.2) is 17.6 Å². The smallest absolute Gasteiger partial charge is 0.0564 e. The second-order valence-electron chi connectivity index (χ2n) is 0.799. The molecule has 0 unspecified atom stereocenters. The maximum absolute atomic E-state index is 9.93. The number of carbonyl (C=O) groups excluding carboxylic acids is 1. The molecule has 0 aliphatic carbocycles. The first-order valence-corrected chi connectivity index (χ1v) is 1.59. The first kappa shape index (κ1) is 2.13. The lowest BCUT2D eigenvalue weighted by molar-refractivity contribution is -0.305. The molecule has 0 amide bonds. The molecule has 0 rings (SSSR count). The molecule has 0 aromatic rings. The van der Waals surface area contributed by atoms with Gasteiger partial charge in [0, 0.05) is 15.3 Å². The highest BCUT2D eigenvalue weighted by atomic mass is 16.4. The SMILES string of the molecule is [2H]C([2H])(O)CC([2H])([2H])C(=O)[O-]. The molecular weight excluding hydrogens is 96.0 g/mol. The summed E-state index contributed by atoms with van der Waals surface area (Å²) in [5.41, 5.74) is 0. The molecule has 3 heteroatoms. The van der Waals surface area contributed by atoms with E-state index < -0.39 is 25.3 Å². The summed E-state index contributed by atoms with van der Waals surface area (Å²) >= 11 is 0. The molecule has 0 saturated heterocycles. The van der Waals surface area contributed by atoms with Crippen LogP contribution in [0.1, 0.15) is 18.3 Å². The van der Waals surface area contributed by atoms with Crippen LogP contribution >= 0.6 is 0 Å². The van der Waals surface area contributed by atoms with Crippen LogP contribution < -0.4 is 5.11 Å². The summed E-state index contributed by atoms with van der Waals surface area (Å²) in [6.45, 7) is -2.83. The summed E-state index contributed by atoms with van der Waals surface area (Å²) in [5, 5.41) is 18.3. The second-order valence-corrected chi connectivity index (χ2v) is 0.799. The highest BCUT2D eigenvalue weighted by Gasteiger charge is 1.81. The number of carboxylic acids is 1. The topological polar surface area (TPSA) is 60.4 Å². The number of hydrogen-bond acceptors (Lipinski definition) is 3. The Morgan fingerprint density at radius 3 is 2.71 bits per heavy atom. The third-order valence-electron chi connectivity index (χ3n) is 0.312. The molecule has 0 aliphatic rings. The predicted molar refractivity (Wildman–Crippen MR) is 21.3 cm³/mol. The monoisotopic (exact) mass is 107 g/mol. The Morgan fingerprint density at radius 1 is 2.00 bits per heavy atom. The molecular formula is C4H7O3-. The van der Waals surface area contributed by atoms with Crippen molar-refractivity contribution in [3.05, 3.63) is 0 Å². The van der Waals surface area contributed by atoms with Crippen LogP contribution in [-0.2, 0) is 4.79 Å². The normalized spacial score (nSPS) is 21.3. The summed E-state index contributed by atoms with van der Waals surface area (Å²) in [6.07, 6.45) is -3.97. The van der Waals surface area contributed by atoms with E-state index in [2.05, 4.69) is 0 Å². The molecule has 0 aromatic heterocycles. The first-order valence-electron chi connectivity index (χ1n) is 3.59. The Labute approximate surface area is 47.2 Å². The van der Waals surface area contributed by atoms with Gasteiger partial charge in [0.25, 0.3) is 0 Å². The minimum absolute atomic E-state index is 1.14. The number of hydrogen-bond donors (Lipinski definition) is 1. The van der Waals surface area contributed by atoms with Crippen LogP contribution in [0.5, 0.6) is 0 Å². The third kappa shape index (κ3) is 5.43. The van der Waals surface area contributed by atoms with E-state index in [-0.39, 0.29) is 0 Å². The summed E-state index contributed by atoms with van der Waals surface area (Å²) in [7, 11) is 0. The molecule has 0 bridgehead atoms. The van der Waals surface area contributed by atoms with Gasteiger partial charge in [-0.25, -0.2) is 0 Å². The quantitative estimate of drug-likeness (QED) is 0.478. The van der Waals surface area contributed by atoms with Gasteiger partial charge in [0.1, 0.15) is 0 Å². The fourth-order valence-corrected chi connectivity index (χ4v) is 0.112. The van der Waals surface area contributed by atoms with Crippen molar-refractivity contribution < 1.29 is 20.5 Å². The fraction of sp³-hybridized carbons (Fsp3) is 0.750. The molecule has 0 atom stereocenters. The van der Waals surface area contributed by atoms with Gasteiger partial charge in [-0.3, -0.25) is 0 Å². The zero-order chi connectivity index (χ0) is 9.28. The van der Waals surface area contributed by atoms with Crippen LogP contribution in [0.15, 0.2) is 0 Å². The van der Waals surface area contributed by atoms with Crippen molar-refractivity contribution in [1.29, 1.82) is 0 Å². The lowest BCUT2D eigenvalue weighted by atomic mass is 10.3. The van der Waals surface area contributed by atoms with Crippen molar-refractivity contribution in [3.63, 3.8) is 0 Å². The van der Waals surface area contributed by atoms with Gasteiger partial charge in [0.2, 0.25) is 0 Å². The maximum Gasteiger partial charge on any atom is 0.0564 e. The van der Waals surface area contributed by atoms with E-state index in [4.69, 9.17) is 10.6 Å². The molecule has 3 nitrogen and oxygen atoms in total. The number of aliphatic hydroxyl groups is 1. The van der Waals surface area contributed by atoms with E-state index in [1.165, 1.54) is 0 Å². The van der Waals surface area contributed by atoms with E-state index in [1.54, 1.807) is 0 Å². The van der Waals surface area contributed by atoms with Crippen LogP contribution in [0.4, 0.5) is 0 Å². The summed E-state index contributed by atoms with van der Waals surface area (Å²) in [5.74, 6) is -2.03. The maximum atomic E-state index is 9.93. The number of rotatable bonds is 3. The van der Waals surface area contributed by atoms with Crippen molar-refractivity contribution in [1.82, 2.24) is 0 Å². The minimum atomic E-state index is -2.84. The van der Waals surface area contributed by atoms with Gasteiger partial charge in [0.05, 0.1) is 2.74 Å². The van der Waals surface area contributed by atoms with Crippen molar-refractivity contribution in [2.75, 3.05) is 6.56 Å². The van der Waals surface area contributed by atoms with Gasteiger partial charge in [-0.15, -0.1) is 0 Å². The van der Waals surface area contributed by atoms with Gasteiger partial charge in [0.15, 0.2) is 0 Å². The van der Waals surface area contributed by atoms with Gasteiger partial charge in [-0.2, -0.15) is 0 Å². The summed E-state index contributed by atoms with van der Waals surface area (Å²) < 4.78 is 26.2. The molecule has 0 fully saturated rings.